The van der Waals surface area contributed by atoms with Crippen molar-refractivity contribution in [1.82, 2.24) is 10.2 Å². The molecule has 6 nitrogen and oxygen atoms in total. The van der Waals surface area contributed by atoms with E-state index in [0.29, 0.717) is 22.1 Å². The molecule has 0 bridgehead atoms. The van der Waals surface area contributed by atoms with E-state index in [0.717, 1.165) is 11.1 Å². The van der Waals surface area contributed by atoms with Gasteiger partial charge in [-0.3, -0.25) is 14.5 Å². The molecule has 2 rings (SSSR count). The number of carbonyl (C=O) groups is 3. The summed E-state index contributed by atoms with van der Waals surface area (Å²) in [6.45, 7) is 3.96. The Morgan fingerprint density at radius 1 is 1.33 bits per heavy atom. The van der Waals surface area contributed by atoms with Crippen LogP contribution < -0.4 is 5.32 Å². The summed E-state index contributed by atoms with van der Waals surface area (Å²) in [5, 5.41) is 11.6. The number of aliphatic carboxylic acids is 1. The molecule has 27 heavy (non-hydrogen) atoms. The topological polar surface area (TPSA) is 86.7 Å². The van der Waals surface area contributed by atoms with Crippen LogP contribution in [0.25, 0.3) is 6.08 Å². The summed E-state index contributed by atoms with van der Waals surface area (Å²) in [4.78, 5) is 37.6. The number of benzene rings is 1. The number of carboxylic acids is 1. The maximum absolute atomic E-state index is 12.6. The van der Waals surface area contributed by atoms with Gasteiger partial charge in [-0.25, -0.2) is 4.79 Å². The van der Waals surface area contributed by atoms with Gasteiger partial charge in [-0.2, -0.15) is 0 Å². The number of amides is 2. The van der Waals surface area contributed by atoms with Crippen molar-refractivity contribution in [1.29, 1.82) is 0 Å². The fourth-order valence-electron chi connectivity index (χ4n) is 2.53. The Morgan fingerprint density at radius 2 is 2.00 bits per heavy atom. The Morgan fingerprint density at radius 3 is 2.59 bits per heavy atom. The number of hydrogen-bond acceptors (Lipinski definition) is 5. The van der Waals surface area contributed by atoms with Crippen LogP contribution in [0.1, 0.15) is 37.3 Å². The second-order valence-electron chi connectivity index (χ2n) is 6.24. The number of carbonyl (C=O) groups excluding carboxylic acids is 2. The van der Waals surface area contributed by atoms with E-state index in [1.54, 1.807) is 6.08 Å². The first-order chi connectivity index (χ1) is 12.8. The molecule has 2 amide bonds. The standard InChI is InChI=1S/C19H22N2O4S2/c1-3-4-14(18(24)25)20-16(22)9-10-21-17(23)15(27-19(21)26)11-13-7-5-12(2)6-8-13/h5-8,11,14H,3-4,9-10H2,1-2H3,(H,20,22)(H,24,25)/b15-11+/t14-/m1/s1. The number of hydrogen-bond donors (Lipinski definition) is 2. The third-order valence-electron chi connectivity index (χ3n) is 4.02. The highest BCUT2D eigenvalue weighted by Gasteiger charge is 2.32. The van der Waals surface area contributed by atoms with Crippen molar-refractivity contribution in [2.45, 2.75) is 39.2 Å². The third kappa shape index (κ3) is 5.90. The molecule has 0 aliphatic carbocycles. The summed E-state index contributed by atoms with van der Waals surface area (Å²) in [6.07, 6.45) is 2.79. The van der Waals surface area contributed by atoms with E-state index in [2.05, 4.69) is 5.32 Å². The van der Waals surface area contributed by atoms with Gasteiger partial charge in [-0.15, -0.1) is 0 Å². The molecule has 1 aliphatic rings. The van der Waals surface area contributed by atoms with Crippen molar-refractivity contribution >= 4 is 52.2 Å². The lowest BCUT2D eigenvalue weighted by atomic mass is 10.1. The highest BCUT2D eigenvalue weighted by molar-refractivity contribution is 8.26. The van der Waals surface area contributed by atoms with Gasteiger partial charge in [0.2, 0.25) is 5.91 Å². The Bertz CT molecular complexity index is 774. The first-order valence-electron chi connectivity index (χ1n) is 8.66. The molecular weight excluding hydrogens is 384 g/mol. The molecule has 0 radical (unpaired) electrons. The fourth-order valence-corrected chi connectivity index (χ4v) is 3.84. The van der Waals surface area contributed by atoms with E-state index in [4.69, 9.17) is 17.3 Å². The molecule has 144 valence electrons. The monoisotopic (exact) mass is 406 g/mol. The predicted octanol–water partition coefficient (Wildman–Crippen LogP) is 2.96. The Balaban J connectivity index is 1.96. The lowest BCUT2D eigenvalue weighted by molar-refractivity contribution is -0.142. The molecule has 0 spiro atoms. The molecule has 1 aromatic carbocycles. The summed E-state index contributed by atoms with van der Waals surface area (Å²) >= 11 is 6.46. The van der Waals surface area contributed by atoms with Crippen molar-refractivity contribution in [2.24, 2.45) is 0 Å². The summed E-state index contributed by atoms with van der Waals surface area (Å²) in [5.74, 6) is -1.70. The van der Waals surface area contributed by atoms with Crippen LogP contribution in [0.4, 0.5) is 0 Å². The normalized spacial score (nSPS) is 16.7. The Labute approximate surface area is 168 Å². The van der Waals surface area contributed by atoms with E-state index in [1.165, 1.54) is 16.7 Å². The maximum atomic E-state index is 12.6. The molecule has 1 aliphatic heterocycles. The molecule has 1 aromatic rings. The van der Waals surface area contributed by atoms with E-state index >= 15 is 0 Å². The Hall–Kier alpha value is -2.19. The zero-order valence-corrected chi connectivity index (χ0v) is 16.9. The molecule has 0 aromatic heterocycles. The summed E-state index contributed by atoms with van der Waals surface area (Å²) in [6, 6.07) is 6.87. The number of nitrogens with zero attached hydrogens (tertiary/aromatic N) is 1. The SMILES string of the molecule is CCC[C@@H](NC(=O)CCN1C(=O)/C(=C\c2ccc(C)cc2)SC1=S)C(=O)O. The molecule has 1 fully saturated rings. The van der Waals surface area contributed by atoms with Crippen molar-refractivity contribution in [2.75, 3.05) is 6.54 Å². The highest BCUT2D eigenvalue weighted by atomic mass is 32.2. The average molecular weight is 407 g/mol. The van der Waals surface area contributed by atoms with Crippen LogP contribution in [0.3, 0.4) is 0 Å². The van der Waals surface area contributed by atoms with Crippen LogP contribution in [0.2, 0.25) is 0 Å². The van der Waals surface area contributed by atoms with Crippen molar-refractivity contribution in [3.63, 3.8) is 0 Å². The van der Waals surface area contributed by atoms with E-state index in [-0.39, 0.29) is 18.9 Å². The van der Waals surface area contributed by atoms with E-state index in [9.17, 15) is 14.4 Å². The first kappa shape index (κ1) is 21.1. The van der Waals surface area contributed by atoms with Gasteiger partial charge in [0.25, 0.3) is 5.91 Å². The number of carboxylic acid groups (broad SMARTS) is 1. The molecule has 8 heteroatoms. The minimum atomic E-state index is -1.06. The van der Waals surface area contributed by atoms with Gasteiger partial charge in [0.15, 0.2) is 0 Å². The molecule has 1 saturated heterocycles. The van der Waals surface area contributed by atoms with Crippen molar-refractivity contribution in [3.05, 3.63) is 40.3 Å². The van der Waals surface area contributed by atoms with Crippen LogP contribution in [0.5, 0.6) is 0 Å². The minimum absolute atomic E-state index is 0.00224. The minimum Gasteiger partial charge on any atom is -0.480 e. The summed E-state index contributed by atoms with van der Waals surface area (Å²) in [7, 11) is 0. The van der Waals surface area contributed by atoms with Gasteiger partial charge in [-0.05, 0) is 25.0 Å². The molecule has 2 N–H and O–H groups in total. The van der Waals surface area contributed by atoms with Crippen molar-refractivity contribution < 1.29 is 19.5 Å². The average Bonchev–Trinajstić information content (AvgIpc) is 2.88. The summed E-state index contributed by atoms with van der Waals surface area (Å²) in [5.41, 5.74) is 2.04. The zero-order valence-electron chi connectivity index (χ0n) is 15.2. The molecular formula is C19H22N2O4S2. The first-order valence-corrected chi connectivity index (χ1v) is 9.88. The maximum Gasteiger partial charge on any atom is 0.326 e. The van der Waals surface area contributed by atoms with E-state index in [1.807, 2.05) is 38.1 Å². The zero-order chi connectivity index (χ0) is 20.0. The van der Waals surface area contributed by atoms with Gasteiger partial charge in [0.05, 0.1) is 4.91 Å². The van der Waals surface area contributed by atoms with Crippen LogP contribution in [-0.4, -0.2) is 44.7 Å². The predicted molar refractivity (Wildman–Crippen MR) is 110 cm³/mol. The number of nitrogens with one attached hydrogen (secondary N) is 1. The van der Waals surface area contributed by atoms with Gasteiger partial charge in [-0.1, -0.05) is 67.2 Å². The largest absolute Gasteiger partial charge is 0.480 e. The van der Waals surface area contributed by atoms with Gasteiger partial charge >= 0.3 is 5.97 Å². The molecule has 0 unspecified atom stereocenters. The van der Waals surface area contributed by atoms with Gasteiger partial charge in [0.1, 0.15) is 10.4 Å². The number of rotatable bonds is 8. The van der Waals surface area contributed by atoms with Gasteiger partial charge in [0, 0.05) is 13.0 Å². The number of thiocarbonyl (C=S) groups is 1. The van der Waals surface area contributed by atoms with Crippen molar-refractivity contribution in [3.8, 4) is 0 Å². The second kappa shape index (κ2) is 9.66. The second-order valence-corrected chi connectivity index (χ2v) is 7.92. The molecule has 1 heterocycles. The van der Waals surface area contributed by atoms with Crippen LogP contribution in [0.15, 0.2) is 29.2 Å². The molecule has 1 atom stereocenters. The Kier molecular flexibility index (Phi) is 7.55. The fraction of sp³-hybridized carbons (Fsp3) is 0.368. The van der Waals surface area contributed by atoms with Crippen LogP contribution in [0, 0.1) is 6.92 Å². The lowest BCUT2D eigenvalue weighted by Gasteiger charge is -2.16. The van der Waals surface area contributed by atoms with E-state index < -0.39 is 17.9 Å². The molecule has 0 saturated carbocycles. The number of aryl methyl sites for hydroxylation is 1. The highest BCUT2D eigenvalue weighted by Crippen LogP contribution is 2.32. The summed E-state index contributed by atoms with van der Waals surface area (Å²) < 4.78 is 0.398. The van der Waals surface area contributed by atoms with Gasteiger partial charge < -0.3 is 10.4 Å². The smallest absolute Gasteiger partial charge is 0.326 e. The van der Waals surface area contributed by atoms with Crippen LogP contribution >= 0.6 is 24.0 Å². The quantitative estimate of drug-likeness (QED) is 0.510. The lowest BCUT2D eigenvalue weighted by Crippen LogP contribution is -2.42. The third-order valence-corrected chi connectivity index (χ3v) is 5.40. The van der Waals surface area contributed by atoms with Crippen LogP contribution in [-0.2, 0) is 14.4 Å². The number of thioether (sulfide) groups is 1.